The van der Waals surface area contributed by atoms with Gasteiger partial charge in [0.1, 0.15) is 0 Å². The largest absolute Gasteiger partial charge is 0.309 e. The van der Waals surface area contributed by atoms with E-state index in [1.807, 2.05) is 19.1 Å². The van der Waals surface area contributed by atoms with Crippen molar-refractivity contribution in [3.8, 4) is 34.6 Å². The minimum atomic E-state index is -0.267. The lowest BCUT2D eigenvalue weighted by molar-refractivity contribution is 0.567. The molecule has 0 radical (unpaired) electrons. The van der Waals surface area contributed by atoms with Crippen LogP contribution in [0.4, 0.5) is 17.1 Å². The van der Waals surface area contributed by atoms with Crippen molar-refractivity contribution in [2.24, 2.45) is 0 Å². The topological polar surface area (TPSA) is 3.24 Å². The first-order valence-corrected chi connectivity index (χ1v) is 16.8. The van der Waals surface area contributed by atoms with Gasteiger partial charge in [-0.2, -0.15) is 0 Å². The molecule has 47 heavy (non-hydrogen) atoms. The molecule has 3 heterocycles. The molecule has 0 unspecified atom stereocenters. The zero-order valence-corrected chi connectivity index (χ0v) is 28.5. The van der Waals surface area contributed by atoms with Gasteiger partial charge in [-0.15, -0.1) is 6.42 Å². The van der Waals surface area contributed by atoms with E-state index in [9.17, 15) is 0 Å². The van der Waals surface area contributed by atoms with Gasteiger partial charge < -0.3 is 4.90 Å². The van der Waals surface area contributed by atoms with E-state index in [-0.39, 0.29) is 16.2 Å². The number of hydrogen-bond donors (Lipinski definition) is 0. The molecular formula is C46H41N. The fourth-order valence-electron chi connectivity index (χ4n) is 8.43. The van der Waals surface area contributed by atoms with E-state index in [0.717, 1.165) is 11.1 Å². The van der Waals surface area contributed by atoms with Crippen LogP contribution < -0.4 is 4.90 Å². The maximum absolute atomic E-state index is 6.21. The van der Waals surface area contributed by atoms with Gasteiger partial charge in [0.2, 0.25) is 0 Å². The molecule has 0 N–H and O–H groups in total. The summed E-state index contributed by atoms with van der Waals surface area (Å²) in [5, 5.41) is 0. The standard InChI is InChI=1S/C46H41N/c1-9-11-18-29(10-2)32-23-35-41-36(24-32)45(5,6)38-26-34(31-21-16-13-17-22-31)28-40-43(38)47(41)42-37(44(35,3)4)25-33(27-39(42)46(40,7)8)30-19-14-12-15-20-30/h2,9,11-28H,1,3-8H3. The summed E-state index contributed by atoms with van der Waals surface area (Å²) in [7, 11) is 0. The number of rotatable bonds is 4. The number of hydrogen-bond acceptors (Lipinski definition) is 1. The highest BCUT2D eigenvalue weighted by Gasteiger charge is 2.52. The Bertz CT molecular complexity index is 2080. The molecule has 0 amide bonds. The first-order valence-electron chi connectivity index (χ1n) is 16.8. The minimum absolute atomic E-state index is 0.229. The van der Waals surface area contributed by atoms with E-state index in [4.69, 9.17) is 6.42 Å². The highest BCUT2D eigenvalue weighted by Crippen LogP contribution is 2.67. The summed E-state index contributed by atoms with van der Waals surface area (Å²) >= 11 is 0. The predicted octanol–water partition coefficient (Wildman–Crippen LogP) is 12.0. The van der Waals surface area contributed by atoms with Crippen LogP contribution >= 0.6 is 0 Å². The molecule has 0 bridgehead atoms. The van der Waals surface area contributed by atoms with Crippen molar-refractivity contribution in [3.63, 3.8) is 0 Å². The van der Waals surface area contributed by atoms with Gasteiger partial charge in [-0.3, -0.25) is 0 Å². The lowest BCUT2D eigenvalue weighted by atomic mass is 9.60. The van der Waals surface area contributed by atoms with Crippen LogP contribution in [0, 0.1) is 12.3 Å². The summed E-state index contributed by atoms with van der Waals surface area (Å²) < 4.78 is 0. The van der Waals surface area contributed by atoms with Crippen molar-refractivity contribution in [3.05, 3.63) is 154 Å². The Kier molecular flexibility index (Phi) is 6.22. The Morgan fingerprint density at radius 2 is 0.915 bits per heavy atom. The molecule has 1 heteroatoms. The van der Waals surface area contributed by atoms with Crippen LogP contribution in [-0.2, 0) is 16.2 Å². The van der Waals surface area contributed by atoms with E-state index < -0.39 is 0 Å². The summed E-state index contributed by atoms with van der Waals surface area (Å²) in [5.74, 6) is 3.02. The molecule has 230 valence electrons. The Morgan fingerprint density at radius 3 is 1.26 bits per heavy atom. The average molecular weight is 608 g/mol. The van der Waals surface area contributed by atoms with Gasteiger partial charge in [0.05, 0.1) is 17.1 Å². The SMILES string of the molecule is C#CC(=CC=CC)c1cc2c3c(c1)C(C)(C)c1cc(-c4ccccc4)cc4c1N3c1c(cc(-c3ccccc3)cc1C4(C)C)C2(C)C. The number of allylic oxidation sites excluding steroid dienone is 4. The van der Waals surface area contributed by atoms with E-state index >= 15 is 0 Å². The molecule has 0 atom stereocenters. The van der Waals surface area contributed by atoms with Crippen molar-refractivity contribution in [2.75, 3.05) is 4.90 Å². The highest BCUT2D eigenvalue weighted by atomic mass is 15.2. The van der Waals surface area contributed by atoms with Crippen molar-refractivity contribution < 1.29 is 0 Å². The lowest BCUT2D eigenvalue weighted by Crippen LogP contribution is -2.43. The Hall–Kier alpha value is -5.06. The zero-order chi connectivity index (χ0) is 32.9. The monoisotopic (exact) mass is 607 g/mol. The van der Waals surface area contributed by atoms with Gasteiger partial charge in [0.15, 0.2) is 0 Å². The second kappa shape index (κ2) is 9.97. The van der Waals surface area contributed by atoms with Crippen molar-refractivity contribution >= 4 is 22.6 Å². The first kappa shape index (κ1) is 29.3. The molecule has 0 fully saturated rings. The van der Waals surface area contributed by atoms with Gasteiger partial charge in [-0.05, 0) is 111 Å². The van der Waals surface area contributed by atoms with Gasteiger partial charge in [-0.25, -0.2) is 0 Å². The molecule has 0 spiro atoms. The lowest BCUT2D eigenvalue weighted by Gasteiger charge is -2.55. The smallest absolute Gasteiger partial charge is 0.0544 e. The number of benzene rings is 5. The molecule has 0 saturated heterocycles. The fourth-order valence-corrected chi connectivity index (χ4v) is 8.43. The van der Waals surface area contributed by atoms with Crippen molar-refractivity contribution in [1.29, 1.82) is 0 Å². The molecule has 0 aromatic heterocycles. The molecule has 8 rings (SSSR count). The summed E-state index contributed by atoms with van der Waals surface area (Å²) in [6.07, 6.45) is 12.4. The Labute approximate surface area is 280 Å². The van der Waals surface area contributed by atoms with Gasteiger partial charge in [0, 0.05) is 21.8 Å². The molecule has 5 aromatic rings. The molecule has 1 nitrogen and oxygen atoms in total. The van der Waals surface area contributed by atoms with Crippen LogP contribution in [0.15, 0.2) is 115 Å². The maximum Gasteiger partial charge on any atom is 0.0544 e. The van der Waals surface area contributed by atoms with E-state index in [1.165, 1.54) is 72.7 Å². The second-order valence-corrected chi connectivity index (χ2v) is 15.0. The summed E-state index contributed by atoms with van der Waals surface area (Å²) in [6, 6.07) is 36.3. The fraction of sp³-hybridized carbons (Fsp3) is 0.217. The molecule has 3 aliphatic heterocycles. The Morgan fingerprint density at radius 1 is 0.553 bits per heavy atom. The Balaban J connectivity index is 1.54. The van der Waals surface area contributed by atoms with Crippen molar-refractivity contribution in [2.45, 2.75) is 64.7 Å². The molecular weight excluding hydrogens is 567 g/mol. The van der Waals surface area contributed by atoms with Crippen LogP contribution in [0.3, 0.4) is 0 Å². The van der Waals surface area contributed by atoms with Crippen LogP contribution in [0.5, 0.6) is 0 Å². The molecule has 0 aliphatic carbocycles. The van der Waals surface area contributed by atoms with E-state index in [0.29, 0.717) is 0 Å². The number of terminal acetylenes is 1. The predicted molar refractivity (Wildman–Crippen MR) is 200 cm³/mol. The van der Waals surface area contributed by atoms with Crippen LogP contribution in [0.1, 0.15) is 87.4 Å². The quantitative estimate of drug-likeness (QED) is 0.145. The minimum Gasteiger partial charge on any atom is -0.309 e. The van der Waals surface area contributed by atoms with Crippen LogP contribution in [-0.4, -0.2) is 0 Å². The number of anilines is 3. The molecule has 0 saturated carbocycles. The van der Waals surface area contributed by atoms with Gasteiger partial charge >= 0.3 is 0 Å². The third kappa shape index (κ3) is 3.98. The summed E-state index contributed by atoms with van der Waals surface area (Å²) in [5.41, 5.74) is 18.4. The van der Waals surface area contributed by atoms with E-state index in [2.05, 4.69) is 156 Å². The van der Waals surface area contributed by atoms with Gasteiger partial charge in [-0.1, -0.05) is 120 Å². The van der Waals surface area contributed by atoms with E-state index in [1.54, 1.807) is 0 Å². The maximum atomic E-state index is 6.21. The third-order valence-corrected chi connectivity index (χ3v) is 11.2. The van der Waals surface area contributed by atoms with Crippen LogP contribution in [0.2, 0.25) is 0 Å². The van der Waals surface area contributed by atoms with Crippen molar-refractivity contribution in [1.82, 2.24) is 0 Å². The summed E-state index contributed by atoms with van der Waals surface area (Å²) in [4.78, 5) is 2.64. The van der Waals surface area contributed by atoms with Gasteiger partial charge in [0.25, 0.3) is 0 Å². The average Bonchev–Trinajstić information content (AvgIpc) is 3.08. The third-order valence-electron chi connectivity index (χ3n) is 11.2. The highest BCUT2D eigenvalue weighted by molar-refractivity contribution is 6.01. The molecule has 3 aliphatic rings. The zero-order valence-electron chi connectivity index (χ0n) is 28.5. The number of nitrogens with zero attached hydrogens (tertiary/aromatic N) is 1. The first-order chi connectivity index (χ1) is 22.5. The second-order valence-electron chi connectivity index (χ2n) is 15.0. The molecule has 5 aromatic carbocycles. The normalized spacial score (nSPS) is 17.3. The summed E-state index contributed by atoms with van der Waals surface area (Å²) in [6.45, 7) is 16.5. The van der Waals surface area contributed by atoms with Crippen LogP contribution in [0.25, 0.3) is 27.8 Å².